The second kappa shape index (κ2) is 8.89. The molecular weight excluding hydrogens is 372 g/mol. The first-order valence-electron chi connectivity index (χ1n) is 9.82. The van der Waals surface area contributed by atoms with E-state index in [0.29, 0.717) is 38.2 Å². The number of ether oxygens (including phenoxy) is 1. The Kier molecular flexibility index (Phi) is 6.31. The molecule has 2 N–H and O–H groups in total. The first kappa shape index (κ1) is 20.6. The van der Waals surface area contributed by atoms with Crippen LogP contribution in [0.3, 0.4) is 0 Å². The van der Waals surface area contributed by atoms with Crippen LogP contribution in [0.2, 0.25) is 0 Å². The number of piperidine rings is 1. The topological polar surface area (TPSA) is 108 Å². The molecule has 2 heterocycles. The smallest absolute Gasteiger partial charge is 0.267 e. The number of likely N-dealkylation sites (tertiary alicyclic amines) is 1. The van der Waals surface area contributed by atoms with Gasteiger partial charge in [-0.05, 0) is 57.0 Å². The van der Waals surface area contributed by atoms with Crippen LogP contribution in [0.15, 0.2) is 41.2 Å². The van der Waals surface area contributed by atoms with Crippen molar-refractivity contribution in [3.8, 4) is 17.0 Å². The number of hydrogen-bond acceptors (Lipinski definition) is 5. The molecule has 2 aromatic rings. The molecule has 1 aromatic heterocycles. The zero-order valence-electron chi connectivity index (χ0n) is 16.7. The quantitative estimate of drug-likeness (QED) is 0.795. The van der Waals surface area contributed by atoms with E-state index in [9.17, 15) is 14.4 Å². The largest absolute Gasteiger partial charge is 0.494 e. The van der Waals surface area contributed by atoms with Crippen LogP contribution >= 0.6 is 0 Å². The van der Waals surface area contributed by atoms with Crippen molar-refractivity contribution < 1.29 is 14.3 Å². The number of amides is 2. The van der Waals surface area contributed by atoms with E-state index in [2.05, 4.69) is 5.10 Å². The van der Waals surface area contributed by atoms with Gasteiger partial charge in [0.15, 0.2) is 0 Å². The van der Waals surface area contributed by atoms with Gasteiger partial charge < -0.3 is 15.4 Å². The highest BCUT2D eigenvalue weighted by Crippen LogP contribution is 2.22. The van der Waals surface area contributed by atoms with Gasteiger partial charge in [0.05, 0.1) is 12.3 Å². The van der Waals surface area contributed by atoms with Crippen molar-refractivity contribution in [1.82, 2.24) is 14.7 Å². The molecule has 1 aliphatic heterocycles. The van der Waals surface area contributed by atoms with Crippen LogP contribution in [0.4, 0.5) is 0 Å². The van der Waals surface area contributed by atoms with Crippen molar-refractivity contribution in [2.45, 2.75) is 32.7 Å². The highest BCUT2D eigenvalue weighted by molar-refractivity contribution is 5.81. The molecule has 1 atom stereocenters. The first-order valence-corrected chi connectivity index (χ1v) is 9.82. The Morgan fingerprint density at radius 1 is 1.17 bits per heavy atom. The summed E-state index contributed by atoms with van der Waals surface area (Å²) < 4.78 is 6.66. The summed E-state index contributed by atoms with van der Waals surface area (Å²) in [6.45, 7) is 5.06. The minimum atomic E-state index is -0.740. The van der Waals surface area contributed by atoms with E-state index in [1.54, 1.807) is 17.9 Å². The van der Waals surface area contributed by atoms with Gasteiger partial charge in [-0.1, -0.05) is 0 Å². The molecule has 0 bridgehead atoms. The molecule has 154 valence electrons. The molecule has 0 aliphatic carbocycles. The van der Waals surface area contributed by atoms with Crippen LogP contribution < -0.4 is 16.0 Å². The van der Waals surface area contributed by atoms with Crippen LogP contribution in [0.25, 0.3) is 11.3 Å². The third kappa shape index (κ3) is 4.64. The van der Waals surface area contributed by atoms with Crippen LogP contribution in [0.5, 0.6) is 5.75 Å². The lowest BCUT2D eigenvalue weighted by molar-refractivity contribution is -0.137. The Morgan fingerprint density at radius 3 is 2.41 bits per heavy atom. The lowest BCUT2D eigenvalue weighted by atomic mass is 9.96. The van der Waals surface area contributed by atoms with Gasteiger partial charge in [-0.3, -0.25) is 14.4 Å². The summed E-state index contributed by atoms with van der Waals surface area (Å²) >= 11 is 0. The summed E-state index contributed by atoms with van der Waals surface area (Å²) in [4.78, 5) is 38.2. The van der Waals surface area contributed by atoms with Crippen LogP contribution in [-0.2, 0) is 9.59 Å². The maximum atomic E-state index is 12.9. The molecule has 1 fully saturated rings. The monoisotopic (exact) mass is 398 g/mol. The number of hydrogen-bond donors (Lipinski definition) is 1. The molecule has 1 saturated heterocycles. The summed E-state index contributed by atoms with van der Waals surface area (Å²) in [6, 6.07) is 9.73. The number of nitrogens with two attached hydrogens (primary N) is 1. The molecule has 0 spiro atoms. The molecule has 0 radical (unpaired) electrons. The number of carbonyl (C=O) groups is 2. The second-order valence-electron chi connectivity index (χ2n) is 7.14. The third-order valence-corrected chi connectivity index (χ3v) is 5.22. The molecule has 2 amide bonds. The van der Waals surface area contributed by atoms with Crippen LogP contribution in [0, 0.1) is 5.92 Å². The number of primary amides is 1. The minimum absolute atomic E-state index is 0.189. The summed E-state index contributed by atoms with van der Waals surface area (Å²) in [7, 11) is 0. The Bertz CT molecular complexity index is 930. The lowest BCUT2D eigenvalue weighted by Gasteiger charge is -2.32. The second-order valence-corrected chi connectivity index (χ2v) is 7.14. The average molecular weight is 398 g/mol. The fourth-order valence-corrected chi connectivity index (χ4v) is 3.50. The maximum absolute atomic E-state index is 12.9. The Hall–Kier alpha value is -3.16. The van der Waals surface area contributed by atoms with Crippen molar-refractivity contribution in [3.05, 3.63) is 46.8 Å². The van der Waals surface area contributed by atoms with Gasteiger partial charge in [0.1, 0.15) is 11.8 Å². The van der Waals surface area contributed by atoms with Gasteiger partial charge in [0, 0.05) is 30.6 Å². The molecule has 8 heteroatoms. The normalized spacial score (nSPS) is 15.7. The summed E-state index contributed by atoms with van der Waals surface area (Å²) in [5.41, 5.74) is 6.43. The van der Waals surface area contributed by atoms with E-state index in [-0.39, 0.29) is 23.3 Å². The molecule has 3 rings (SSSR count). The van der Waals surface area contributed by atoms with E-state index < -0.39 is 6.04 Å². The van der Waals surface area contributed by atoms with Crippen LogP contribution in [-0.4, -0.2) is 46.2 Å². The standard InChI is InChI=1S/C21H26N4O4/c1-3-29-17-6-4-15(5-7-17)18-8-9-19(26)25(23-18)14(2)21(28)24-12-10-16(11-13-24)20(22)27/h4-9,14,16H,3,10-13H2,1-2H3,(H2,22,27). The highest BCUT2D eigenvalue weighted by atomic mass is 16.5. The van der Waals surface area contributed by atoms with Crippen molar-refractivity contribution in [1.29, 1.82) is 0 Å². The van der Waals surface area contributed by atoms with E-state index >= 15 is 0 Å². The zero-order valence-corrected chi connectivity index (χ0v) is 16.7. The van der Waals surface area contributed by atoms with Crippen LogP contribution in [0.1, 0.15) is 32.7 Å². The van der Waals surface area contributed by atoms with Crippen molar-refractivity contribution in [2.24, 2.45) is 11.7 Å². The number of nitrogens with zero attached hydrogens (tertiary/aromatic N) is 3. The molecule has 29 heavy (non-hydrogen) atoms. The minimum Gasteiger partial charge on any atom is -0.494 e. The van der Waals surface area contributed by atoms with Gasteiger partial charge in [-0.25, -0.2) is 4.68 Å². The SMILES string of the molecule is CCOc1ccc(-c2ccc(=O)n(C(C)C(=O)N3CCC(C(N)=O)CC3)n2)cc1. The number of carbonyl (C=O) groups excluding carboxylic acids is 2. The van der Waals surface area contributed by atoms with Gasteiger partial charge >= 0.3 is 0 Å². The van der Waals surface area contributed by atoms with Crippen molar-refractivity contribution >= 4 is 11.8 Å². The first-order chi connectivity index (χ1) is 13.9. The van der Waals surface area contributed by atoms with E-state index in [1.165, 1.54) is 10.7 Å². The van der Waals surface area contributed by atoms with Gasteiger partial charge in [0.25, 0.3) is 5.56 Å². The third-order valence-electron chi connectivity index (χ3n) is 5.22. The predicted octanol–water partition coefficient (Wildman–Crippen LogP) is 1.59. The number of benzene rings is 1. The summed E-state index contributed by atoms with van der Waals surface area (Å²) in [5, 5.41) is 4.42. The van der Waals surface area contributed by atoms with Crippen molar-refractivity contribution in [3.63, 3.8) is 0 Å². The summed E-state index contributed by atoms with van der Waals surface area (Å²) in [5.74, 6) is 0.0446. The fourth-order valence-electron chi connectivity index (χ4n) is 3.50. The molecule has 1 aromatic carbocycles. The molecule has 1 aliphatic rings. The zero-order chi connectivity index (χ0) is 21.0. The molecule has 1 unspecified atom stereocenters. The predicted molar refractivity (Wildman–Crippen MR) is 108 cm³/mol. The van der Waals surface area contributed by atoms with Gasteiger partial charge in [-0.2, -0.15) is 5.10 Å². The van der Waals surface area contributed by atoms with Gasteiger partial charge in [-0.15, -0.1) is 0 Å². The Balaban J connectivity index is 1.77. The highest BCUT2D eigenvalue weighted by Gasteiger charge is 2.29. The molecule has 8 nitrogen and oxygen atoms in total. The maximum Gasteiger partial charge on any atom is 0.267 e. The van der Waals surface area contributed by atoms with E-state index in [4.69, 9.17) is 10.5 Å². The number of rotatable bonds is 6. The Morgan fingerprint density at radius 2 is 1.83 bits per heavy atom. The van der Waals surface area contributed by atoms with Gasteiger partial charge in [0.2, 0.25) is 11.8 Å². The molecule has 0 saturated carbocycles. The molecular formula is C21H26N4O4. The fraction of sp³-hybridized carbons (Fsp3) is 0.429. The van der Waals surface area contributed by atoms with E-state index in [0.717, 1.165) is 11.3 Å². The average Bonchev–Trinajstić information content (AvgIpc) is 2.74. The van der Waals surface area contributed by atoms with E-state index in [1.807, 2.05) is 31.2 Å². The summed E-state index contributed by atoms with van der Waals surface area (Å²) in [6.07, 6.45) is 1.09. The lowest BCUT2D eigenvalue weighted by Crippen LogP contribution is -2.45. The van der Waals surface area contributed by atoms with Crippen molar-refractivity contribution in [2.75, 3.05) is 19.7 Å². The number of aromatic nitrogens is 2. The Labute approximate surface area is 169 Å².